The van der Waals surface area contributed by atoms with E-state index in [1.807, 2.05) is 27.7 Å². The number of aliphatic hydroxyl groups excluding tert-OH is 2. The number of fused-ring (bicyclic) bond motifs is 3. The molecule has 56 heavy (non-hydrogen) atoms. The number of hydrogen-bond acceptors (Lipinski definition) is 14. The lowest BCUT2D eigenvalue weighted by atomic mass is 9.49. The van der Waals surface area contributed by atoms with Gasteiger partial charge < -0.3 is 57.6 Å². The van der Waals surface area contributed by atoms with E-state index in [2.05, 4.69) is 13.0 Å². The highest BCUT2D eigenvalue weighted by Gasteiger charge is 2.58. The second-order valence-electron chi connectivity index (χ2n) is 17.7. The first-order chi connectivity index (χ1) is 26.6. The predicted octanol–water partition coefficient (Wildman–Crippen LogP) is 3.92. The van der Waals surface area contributed by atoms with Crippen molar-refractivity contribution in [1.29, 1.82) is 0 Å². The molecule has 14 heteroatoms. The van der Waals surface area contributed by atoms with Crippen molar-refractivity contribution in [3.63, 3.8) is 0 Å². The Morgan fingerprint density at radius 1 is 0.750 bits per heavy atom. The largest absolute Gasteiger partial charge is 0.455 e. The number of cyclic esters (lactones) is 1. The van der Waals surface area contributed by atoms with Crippen LogP contribution in [0.4, 0.5) is 0 Å². The van der Waals surface area contributed by atoms with Crippen LogP contribution in [0.5, 0.6) is 0 Å². The zero-order valence-electron chi connectivity index (χ0n) is 34.4. The number of ether oxygens (including phenoxy) is 10. The van der Waals surface area contributed by atoms with Gasteiger partial charge in [0.2, 0.25) is 0 Å². The van der Waals surface area contributed by atoms with Crippen LogP contribution >= 0.6 is 0 Å². The van der Waals surface area contributed by atoms with E-state index in [9.17, 15) is 19.8 Å². The molecule has 0 aromatic heterocycles. The van der Waals surface area contributed by atoms with Crippen LogP contribution in [-0.4, -0.2) is 135 Å². The van der Waals surface area contributed by atoms with E-state index in [1.165, 1.54) is 11.6 Å². The Labute approximate surface area is 330 Å². The number of hydrogen-bond donors (Lipinski definition) is 2. The van der Waals surface area contributed by atoms with Crippen LogP contribution < -0.4 is 0 Å². The number of esters is 1. The van der Waals surface area contributed by atoms with Crippen molar-refractivity contribution in [2.75, 3.05) is 21.3 Å². The first-order valence-electron chi connectivity index (χ1n) is 20.6. The van der Waals surface area contributed by atoms with Crippen LogP contribution in [0.1, 0.15) is 92.9 Å². The summed E-state index contributed by atoms with van der Waals surface area (Å²) in [7, 11) is 4.85. The third kappa shape index (κ3) is 7.82. The Hall–Kier alpha value is -1.82. The first-order valence-corrected chi connectivity index (χ1v) is 20.6. The highest BCUT2D eigenvalue weighted by Crippen LogP contribution is 2.60. The zero-order chi connectivity index (χ0) is 40.3. The molecule has 0 amide bonds. The Balaban J connectivity index is 0.949. The summed E-state index contributed by atoms with van der Waals surface area (Å²) in [6.07, 6.45) is 0.605. The van der Waals surface area contributed by atoms with Gasteiger partial charge in [0.1, 0.15) is 30.2 Å². The number of carbonyl (C=O) groups excluding carboxylic acids is 2. The van der Waals surface area contributed by atoms with Crippen LogP contribution in [0.15, 0.2) is 23.3 Å². The molecule has 7 aliphatic rings. The van der Waals surface area contributed by atoms with E-state index in [1.54, 1.807) is 28.3 Å². The van der Waals surface area contributed by atoms with Crippen LogP contribution in [0.3, 0.4) is 0 Å². The molecule has 7 rings (SSSR count). The third-order valence-corrected chi connectivity index (χ3v) is 14.4. The summed E-state index contributed by atoms with van der Waals surface area (Å²) in [6, 6.07) is 0. The van der Waals surface area contributed by atoms with E-state index in [4.69, 9.17) is 47.4 Å². The SMILES string of the molecule is COC1CC(OC2C(C)OC(OC3C(C)OC(OC4CC5=CCC6C(=O)C(C)(C7=CC(=O)OC7C)CCC6C5(C)CC4O)CC3OC)CC2OC)OC(C)C1O. The fraction of sp³-hybridized carbons (Fsp3) is 0.857. The van der Waals surface area contributed by atoms with Gasteiger partial charge in [-0.05, 0) is 83.6 Å². The van der Waals surface area contributed by atoms with Gasteiger partial charge >= 0.3 is 5.97 Å². The average Bonchev–Trinajstić information content (AvgIpc) is 3.51. The second-order valence-corrected chi connectivity index (χ2v) is 17.7. The minimum absolute atomic E-state index is 0.0972. The van der Waals surface area contributed by atoms with Crippen LogP contribution in [-0.2, 0) is 57.0 Å². The third-order valence-electron chi connectivity index (χ3n) is 14.4. The standard InChI is InChI=1S/C42H64O14/c1-20-27(15-33(44)50-20)41(5)13-12-26-25(40(41)46)11-10-24-14-29(28(43)19-42(24,26)6)54-34-17-31(48-8)38(22(3)52-34)56-36-18-32(49-9)39(23(4)53-36)55-35-16-30(47-7)37(45)21(2)51-35/h10,15,20-23,25-26,28-32,34-39,43,45H,11-14,16-19H2,1-9H3. The molecule has 3 saturated heterocycles. The molecule has 0 aromatic rings. The molecule has 4 aliphatic heterocycles. The predicted molar refractivity (Wildman–Crippen MR) is 199 cm³/mol. The number of carbonyl (C=O) groups is 2. The Morgan fingerprint density at radius 2 is 1.30 bits per heavy atom. The van der Waals surface area contributed by atoms with Gasteiger partial charge in [-0.15, -0.1) is 0 Å². The van der Waals surface area contributed by atoms with Gasteiger partial charge in [0.05, 0.1) is 54.2 Å². The molecule has 0 bridgehead atoms. The van der Waals surface area contributed by atoms with Crippen molar-refractivity contribution in [2.24, 2.45) is 22.7 Å². The van der Waals surface area contributed by atoms with Crippen LogP contribution in [0.25, 0.3) is 0 Å². The molecule has 0 radical (unpaired) electrons. The highest BCUT2D eigenvalue weighted by molar-refractivity contribution is 5.95. The minimum Gasteiger partial charge on any atom is -0.455 e. The van der Waals surface area contributed by atoms with Crippen molar-refractivity contribution in [3.05, 3.63) is 23.3 Å². The molecule has 14 nitrogen and oxygen atoms in total. The van der Waals surface area contributed by atoms with Gasteiger partial charge in [-0.25, -0.2) is 4.79 Å². The average molecular weight is 793 g/mol. The minimum atomic E-state index is -0.747. The summed E-state index contributed by atoms with van der Waals surface area (Å²) in [5, 5.41) is 22.0. The molecule has 4 heterocycles. The maximum Gasteiger partial charge on any atom is 0.331 e. The van der Waals surface area contributed by atoms with Gasteiger partial charge in [0, 0.05) is 52.6 Å². The first kappa shape index (κ1) is 42.3. The highest BCUT2D eigenvalue weighted by atomic mass is 16.7. The molecule has 2 N–H and O–H groups in total. The van der Waals surface area contributed by atoms with Gasteiger partial charge in [0.15, 0.2) is 18.9 Å². The quantitative estimate of drug-likeness (QED) is 0.242. The number of Topliss-reactive ketones (excluding diaryl/α,β-unsaturated/α-hetero) is 1. The lowest BCUT2D eigenvalue weighted by Crippen LogP contribution is -2.57. The van der Waals surface area contributed by atoms with E-state index in [-0.39, 0.29) is 41.2 Å². The van der Waals surface area contributed by atoms with Gasteiger partial charge in [0.25, 0.3) is 0 Å². The maximum atomic E-state index is 14.2. The summed E-state index contributed by atoms with van der Waals surface area (Å²) in [5.74, 6) is -0.288. The van der Waals surface area contributed by atoms with Crippen molar-refractivity contribution >= 4 is 11.8 Å². The summed E-state index contributed by atoms with van der Waals surface area (Å²) in [6.45, 7) is 11.6. The molecule has 2 saturated carbocycles. The Bertz CT molecular complexity index is 1500. The molecular weight excluding hydrogens is 728 g/mol. The maximum absolute atomic E-state index is 14.2. The molecule has 19 unspecified atom stereocenters. The number of allylic oxidation sites excluding steroid dienone is 1. The van der Waals surface area contributed by atoms with E-state index in [0.717, 1.165) is 12.0 Å². The Morgan fingerprint density at radius 3 is 1.86 bits per heavy atom. The lowest BCUT2D eigenvalue weighted by Gasteiger charge is -2.56. The summed E-state index contributed by atoms with van der Waals surface area (Å²) in [5.41, 5.74) is 0.947. The summed E-state index contributed by atoms with van der Waals surface area (Å²) >= 11 is 0. The van der Waals surface area contributed by atoms with E-state index >= 15 is 0 Å². The number of rotatable bonds is 10. The monoisotopic (exact) mass is 792 g/mol. The van der Waals surface area contributed by atoms with Crippen molar-refractivity contribution in [1.82, 2.24) is 0 Å². The fourth-order valence-corrected chi connectivity index (χ4v) is 11.1. The van der Waals surface area contributed by atoms with Gasteiger partial charge in [-0.3, -0.25) is 4.79 Å². The number of methoxy groups -OCH3 is 3. The number of aliphatic hydroxyl groups is 2. The normalized spacial score (nSPS) is 49.7. The van der Waals surface area contributed by atoms with E-state index < -0.39 is 85.3 Å². The summed E-state index contributed by atoms with van der Waals surface area (Å²) < 4.78 is 60.8. The lowest BCUT2D eigenvalue weighted by molar-refractivity contribution is -0.339. The molecule has 3 aliphatic carbocycles. The molecule has 0 aromatic carbocycles. The van der Waals surface area contributed by atoms with Crippen LogP contribution in [0, 0.1) is 22.7 Å². The zero-order valence-corrected chi connectivity index (χ0v) is 34.4. The summed E-state index contributed by atoms with van der Waals surface area (Å²) in [4.78, 5) is 26.2. The van der Waals surface area contributed by atoms with Gasteiger partial charge in [-0.1, -0.05) is 18.6 Å². The molecular formula is C42H64O14. The molecule has 5 fully saturated rings. The van der Waals surface area contributed by atoms with Crippen molar-refractivity contribution < 1.29 is 67.2 Å². The van der Waals surface area contributed by atoms with E-state index in [0.29, 0.717) is 44.9 Å². The Kier molecular flexibility index (Phi) is 12.6. The van der Waals surface area contributed by atoms with Crippen LogP contribution in [0.2, 0.25) is 0 Å². The fourth-order valence-electron chi connectivity index (χ4n) is 11.1. The van der Waals surface area contributed by atoms with Crippen molar-refractivity contribution in [3.8, 4) is 0 Å². The molecule has 316 valence electrons. The van der Waals surface area contributed by atoms with Crippen molar-refractivity contribution in [2.45, 2.75) is 185 Å². The second kappa shape index (κ2) is 16.7. The van der Waals surface area contributed by atoms with Gasteiger partial charge in [-0.2, -0.15) is 0 Å². The molecule has 0 spiro atoms. The molecule has 19 atom stereocenters. The smallest absolute Gasteiger partial charge is 0.331 e. The topological polar surface area (TPSA) is 167 Å². The number of ketones is 1.